The fourth-order valence-electron chi connectivity index (χ4n) is 6.26. The number of para-hydroxylation sites is 1. The predicted molar refractivity (Wildman–Crippen MR) is 150 cm³/mol. The molecule has 3 N–H and O–H groups in total. The number of likely N-dealkylation sites (tertiary alicyclic amines) is 1. The third-order valence-corrected chi connectivity index (χ3v) is 10.7. The number of sulfone groups is 1. The van der Waals surface area contributed by atoms with Gasteiger partial charge in [0.1, 0.15) is 0 Å². The maximum absolute atomic E-state index is 13.0. The van der Waals surface area contributed by atoms with E-state index in [9.17, 15) is 18.0 Å². The number of piperidine rings is 2. The molecular formula is C28H34N6O4S. The van der Waals surface area contributed by atoms with Gasteiger partial charge < -0.3 is 10.6 Å². The highest BCUT2D eigenvalue weighted by Crippen LogP contribution is 2.37. The van der Waals surface area contributed by atoms with Gasteiger partial charge in [-0.25, -0.2) is 8.42 Å². The van der Waals surface area contributed by atoms with E-state index in [4.69, 9.17) is 10.8 Å². The number of carbonyl (C=O) groups is 2. The smallest absolute Gasteiger partial charge is 0.235 e. The number of nitrogens with two attached hydrogens (primary N) is 1. The molecule has 3 aliphatic heterocycles. The van der Waals surface area contributed by atoms with Crippen LogP contribution in [0.3, 0.4) is 0 Å². The van der Waals surface area contributed by atoms with E-state index in [-0.39, 0.29) is 22.8 Å². The number of rotatable bonds is 6. The van der Waals surface area contributed by atoms with Crippen molar-refractivity contribution in [2.45, 2.75) is 48.6 Å². The molecule has 2 amide bonds. The van der Waals surface area contributed by atoms with Gasteiger partial charge in [-0.1, -0.05) is 24.3 Å². The van der Waals surface area contributed by atoms with Crippen LogP contribution in [-0.2, 0) is 32.2 Å². The number of hydrogen-bond donors (Lipinski definition) is 2. The third-order valence-electron chi connectivity index (χ3n) is 8.49. The first kappa shape index (κ1) is 25.8. The zero-order valence-electron chi connectivity index (χ0n) is 22.0. The minimum absolute atomic E-state index is 0.0602. The lowest BCUT2D eigenvalue weighted by atomic mass is 9.92. The monoisotopic (exact) mass is 550 g/mol. The van der Waals surface area contributed by atoms with E-state index in [1.165, 1.54) is 0 Å². The van der Waals surface area contributed by atoms with Gasteiger partial charge in [0.05, 0.1) is 33.8 Å². The number of fused-ring (bicyclic) bond motifs is 1. The van der Waals surface area contributed by atoms with Crippen LogP contribution in [0.1, 0.15) is 42.9 Å². The Labute approximate surface area is 228 Å². The number of nitrogens with one attached hydrogen (secondary N) is 1. The normalized spacial score (nSPS) is 21.8. The SMILES string of the molecule is Cn1nc(C2CCC(=O)NC2=O)c2cccc(N3CC(N4CCC(S(=O)(=O)Cc5ccc(N)cc5)CC4)C3)c21. The molecule has 39 heavy (non-hydrogen) atoms. The zero-order valence-corrected chi connectivity index (χ0v) is 22.9. The molecule has 0 aliphatic carbocycles. The van der Waals surface area contributed by atoms with Crippen LogP contribution >= 0.6 is 0 Å². The van der Waals surface area contributed by atoms with E-state index < -0.39 is 15.8 Å². The average molecular weight is 551 g/mol. The molecule has 3 saturated heterocycles. The number of benzene rings is 2. The summed E-state index contributed by atoms with van der Waals surface area (Å²) in [6.45, 7) is 3.28. The largest absolute Gasteiger partial charge is 0.399 e. The lowest BCUT2D eigenvalue weighted by molar-refractivity contribution is -0.134. The van der Waals surface area contributed by atoms with Gasteiger partial charge in [0.15, 0.2) is 9.84 Å². The second-order valence-electron chi connectivity index (χ2n) is 11.0. The van der Waals surface area contributed by atoms with Gasteiger partial charge in [0, 0.05) is 43.7 Å². The second kappa shape index (κ2) is 9.95. The molecule has 10 nitrogen and oxygen atoms in total. The first-order chi connectivity index (χ1) is 18.7. The Balaban J connectivity index is 1.09. The van der Waals surface area contributed by atoms with Crippen molar-refractivity contribution in [1.29, 1.82) is 0 Å². The summed E-state index contributed by atoms with van der Waals surface area (Å²) < 4.78 is 27.9. The summed E-state index contributed by atoms with van der Waals surface area (Å²) in [5.41, 5.74) is 9.94. The van der Waals surface area contributed by atoms with Gasteiger partial charge in [-0.15, -0.1) is 0 Å². The number of anilines is 2. The molecule has 0 spiro atoms. The van der Waals surface area contributed by atoms with Crippen LogP contribution < -0.4 is 16.0 Å². The van der Waals surface area contributed by atoms with Crippen LogP contribution in [0.4, 0.5) is 11.4 Å². The van der Waals surface area contributed by atoms with E-state index in [1.807, 2.05) is 23.9 Å². The Morgan fingerprint density at radius 3 is 2.44 bits per heavy atom. The standard InChI is InChI=1S/C28H34N6O4S/c1-32-27-22(26(31-32)23-9-10-25(35)30-28(23)36)3-2-4-24(27)34-15-20(16-34)33-13-11-21(12-14-33)39(37,38)17-18-5-7-19(29)8-6-18/h2-8,20-21,23H,9-17,29H2,1H3,(H,30,35,36). The van der Waals surface area contributed by atoms with Crippen LogP contribution in [0, 0.1) is 0 Å². The lowest BCUT2D eigenvalue weighted by Gasteiger charge is -2.48. The van der Waals surface area contributed by atoms with Gasteiger partial charge >= 0.3 is 0 Å². The third kappa shape index (κ3) is 4.89. The van der Waals surface area contributed by atoms with Crippen LogP contribution in [0.2, 0.25) is 0 Å². The number of nitrogens with zero attached hydrogens (tertiary/aromatic N) is 4. The molecule has 3 fully saturated rings. The van der Waals surface area contributed by atoms with Crippen LogP contribution in [0.5, 0.6) is 0 Å². The second-order valence-corrected chi connectivity index (χ2v) is 13.3. The van der Waals surface area contributed by atoms with Crippen LogP contribution in [0.25, 0.3) is 10.9 Å². The highest BCUT2D eigenvalue weighted by molar-refractivity contribution is 7.91. The minimum atomic E-state index is -3.22. The number of hydrogen-bond acceptors (Lipinski definition) is 8. The van der Waals surface area contributed by atoms with Crippen molar-refractivity contribution in [3.05, 3.63) is 53.7 Å². The van der Waals surface area contributed by atoms with Crippen molar-refractivity contribution >= 4 is 43.9 Å². The Morgan fingerprint density at radius 2 is 1.74 bits per heavy atom. The number of amides is 2. The zero-order chi connectivity index (χ0) is 27.3. The molecule has 11 heteroatoms. The summed E-state index contributed by atoms with van der Waals surface area (Å²) in [7, 11) is -1.32. The van der Waals surface area contributed by atoms with E-state index in [0.717, 1.165) is 54.0 Å². The molecule has 1 aromatic heterocycles. The molecule has 0 bridgehead atoms. The van der Waals surface area contributed by atoms with E-state index in [1.54, 1.807) is 24.3 Å². The summed E-state index contributed by atoms with van der Waals surface area (Å²) in [5.74, 6) is -0.875. The Morgan fingerprint density at radius 1 is 1.03 bits per heavy atom. The number of nitrogen functional groups attached to an aromatic ring is 1. The van der Waals surface area contributed by atoms with Crippen molar-refractivity contribution in [2.75, 3.05) is 36.8 Å². The van der Waals surface area contributed by atoms with Crippen molar-refractivity contribution in [3.8, 4) is 0 Å². The summed E-state index contributed by atoms with van der Waals surface area (Å²) in [6.07, 6.45) is 2.10. The van der Waals surface area contributed by atoms with Gasteiger partial charge in [-0.2, -0.15) is 5.10 Å². The summed E-state index contributed by atoms with van der Waals surface area (Å²) in [6, 6.07) is 13.5. The average Bonchev–Trinajstić information content (AvgIpc) is 3.21. The molecule has 3 aliphatic rings. The van der Waals surface area contributed by atoms with Crippen molar-refractivity contribution in [3.63, 3.8) is 0 Å². The van der Waals surface area contributed by atoms with Gasteiger partial charge in [-0.3, -0.25) is 24.5 Å². The molecule has 2 aromatic carbocycles. The Hall–Kier alpha value is -3.44. The predicted octanol–water partition coefficient (Wildman–Crippen LogP) is 1.94. The molecule has 1 unspecified atom stereocenters. The highest BCUT2D eigenvalue weighted by atomic mass is 32.2. The number of aryl methyl sites for hydroxylation is 1. The van der Waals surface area contributed by atoms with E-state index in [2.05, 4.69) is 21.2 Å². The van der Waals surface area contributed by atoms with Crippen molar-refractivity contribution < 1.29 is 18.0 Å². The Kier molecular flexibility index (Phi) is 6.58. The Bertz CT molecular complexity index is 1520. The number of aromatic nitrogens is 2. The van der Waals surface area contributed by atoms with Crippen LogP contribution in [0.15, 0.2) is 42.5 Å². The number of carbonyl (C=O) groups excluding carboxylic acids is 2. The van der Waals surface area contributed by atoms with Crippen molar-refractivity contribution in [1.82, 2.24) is 20.0 Å². The molecule has 206 valence electrons. The highest BCUT2D eigenvalue weighted by Gasteiger charge is 2.38. The van der Waals surface area contributed by atoms with E-state index >= 15 is 0 Å². The fraction of sp³-hybridized carbons (Fsp3) is 0.464. The van der Waals surface area contributed by atoms with Gasteiger partial charge in [0.2, 0.25) is 11.8 Å². The molecule has 3 aromatic rings. The minimum Gasteiger partial charge on any atom is -0.399 e. The summed E-state index contributed by atoms with van der Waals surface area (Å²) >= 11 is 0. The van der Waals surface area contributed by atoms with Gasteiger partial charge in [0.25, 0.3) is 0 Å². The molecule has 0 radical (unpaired) electrons. The first-order valence-electron chi connectivity index (χ1n) is 13.5. The maximum atomic E-state index is 13.0. The van der Waals surface area contributed by atoms with Crippen molar-refractivity contribution in [2.24, 2.45) is 7.05 Å². The molecule has 6 rings (SSSR count). The molecule has 0 saturated carbocycles. The summed E-state index contributed by atoms with van der Waals surface area (Å²) in [5, 5.41) is 7.79. The summed E-state index contributed by atoms with van der Waals surface area (Å²) in [4.78, 5) is 28.9. The maximum Gasteiger partial charge on any atom is 0.235 e. The lowest BCUT2D eigenvalue weighted by Crippen LogP contribution is -2.61. The molecular weight excluding hydrogens is 516 g/mol. The number of imide groups is 1. The van der Waals surface area contributed by atoms with Crippen LogP contribution in [-0.4, -0.2) is 72.4 Å². The first-order valence-corrected chi connectivity index (χ1v) is 15.3. The van der Waals surface area contributed by atoms with E-state index in [0.29, 0.717) is 37.4 Å². The quantitative estimate of drug-likeness (QED) is 0.352. The molecule has 4 heterocycles. The van der Waals surface area contributed by atoms with Gasteiger partial charge in [-0.05, 0) is 56.1 Å². The molecule has 1 atom stereocenters. The topological polar surface area (TPSA) is 131 Å². The fourth-order valence-corrected chi connectivity index (χ4v) is 8.08.